The molecule has 0 spiro atoms. The fourth-order valence-corrected chi connectivity index (χ4v) is 8.23. The molecule has 31 heavy (non-hydrogen) atoms. The van der Waals surface area contributed by atoms with E-state index in [1.54, 1.807) is 0 Å². The van der Waals surface area contributed by atoms with Gasteiger partial charge in [0.15, 0.2) is 26.2 Å². The summed E-state index contributed by atoms with van der Waals surface area (Å²) in [7, 11) is -4.99. The van der Waals surface area contributed by atoms with E-state index in [-0.39, 0.29) is 10.1 Å². The van der Waals surface area contributed by atoms with Crippen molar-refractivity contribution >= 4 is 22.2 Å². The molecule has 2 heterocycles. The van der Waals surface area contributed by atoms with Crippen LogP contribution in [0.25, 0.3) is 0 Å². The minimum atomic E-state index is -2.67. The summed E-state index contributed by atoms with van der Waals surface area (Å²) in [6.45, 7) is 22.8. The SMILES string of the molecule is C[C@H]1O[C@@H](n2cc(F)c(N)nc2=O)[C@@](O)([Si](C)(C)C(C)(C)C)[C@@H]1O[Si](C)(C)C(C)(C)C. The molecule has 0 unspecified atom stereocenters. The van der Waals surface area contributed by atoms with Crippen molar-refractivity contribution in [2.24, 2.45) is 0 Å². The fraction of sp³-hybridized carbons (Fsp3) is 0.810. The van der Waals surface area contributed by atoms with Gasteiger partial charge in [0.05, 0.1) is 20.4 Å². The third-order valence-electron chi connectivity index (χ3n) is 7.87. The molecule has 3 N–H and O–H groups in total. The van der Waals surface area contributed by atoms with Gasteiger partial charge in [-0.25, -0.2) is 9.18 Å². The van der Waals surface area contributed by atoms with E-state index >= 15 is 0 Å². The highest BCUT2D eigenvalue weighted by atomic mass is 28.4. The Morgan fingerprint density at radius 1 is 1.19 bits per heavy atom. The maximum atomic E-state index is 14.3. The molecule has 178 valence electrons. The molecule has 1 aromatic heterocycles. The highest BCUT2D eigenvalue weighted by Gasteiger charge is 2.68. The Bertz CT molecular complexity index is 892. The van der Waals surface area contributed by atoms with E-state index in [0.29, 0.717) is 0 Å². The first-order valence-corrected chi connectivity index (χ1v) is 16.7. The number of hydrogen-bond acceptors (Lipinski definition) is 6. The number of aliphatic hydroxyl groups is 1. The Balaban J connectivity index is 2.76. The van der Waals surface area contributed by atoms with Crippen molar-refractivity contribution < 1.29 is 18.7 Å². The fourth-order valence-electron chi connectivity index (χ4n) is 3.72. The first-order valence-electron chi connectivity index (χ1n) is 10.8. The molecule has 10 heteroatoms. The standard InChI is InChI=1S/C21H40FN3O4Si2/c1-13-15(29-31(10,11)20(5,6)7)21(27,30(8,9)19(2,3)4)17(28-13)25-12-14(22)16(23)24-18(25)26/h12-13,15,17,27H,1-11H3,(H2,23,24,26)/t13-,15-,17-,21+/m1/s1. The van der Waals surface area contributed by atoms with E-state index in [1.807, 2.05) is 6.92 Å². The monoisotopic (exact) mass is 473 g/mol. The van der Waals surface area contributed by atoms with Gasteiger partial charge in [-0.2, -0.15) is 4.98 Å². The van der Waals surface area contributed by atoms with E-state index in [1.165, 1.54) is 0 Å². The van der Waals surface area contributed by atoms with Crippen molar-refractivity contribution in [1.29, 1.82) is 0 Å². The van der Waals surface area contributed by atoms with Crippen LogP contribution in [0, 0.1) is 5.82 Å². The van der Waals surface area contributed by atoms with E-state index < -0.39 is 57.4 Å². The molecule has 4 atom stereocenters. The average Bonchev–Trinajstić information content (AvgIpc) is 2.82. The Morgan fingerprint density at radius 3 is 2.16 bits per heavy atom. The number of hydrogen-bond donors (Lipinski definition) is 2. The number of rotatable bonds is 4. The molecule has 7 nitrogen and oxygen atoms in total. The van der Waals surface area contributed by atoms with Gasteiger partial charge < -0.3 is 20.0 Å². The second-order valence-electron chi connectivity index (χ2n) is 11.9. The van der Waals surface area contributed by atoms with Crippen molar-refractivity contribution in [1.82, 2.24) is 9.55 Å². The Morgan fingerprint density at radius 2 is 1.71 bits per heavy atom. The molecule has 1 aliphatic rings. The molecule has 0 aliphatic carbocycles. The van der Waals surface area contributed by atoms with Gasteiger partial charge in [-0.1, -0.05) is 54.6 Å². The van der Waals surface area contributed by atoms with Gasteiger partial charge in [-0.15, -0.1) is 0 Å². The second kappa shape index (κ2) is 7.76. The van der Waals surface area contributed by atoms with Gasteiger partial charge in [-0.3, -0.25) is 4.57 Å². The summed E-state index contributed by atoms with van der Waals surface area (Å²) in [4.78, 5) is 16.3. The molecular formula is C21H40FN3O4Si2. The smallest absolute Gasteiger partial charge is 0.351 e. The van der Waals surface area contributed by atoms with Crippen LogP contribution in [-0.4, -0.2) is 48.5 Å². The van der Waals surface area contributed by atoms with Crippen LogP contribution in [-0.2, 0) is 9.16 Å². The molecule has 0 aromatic carbocycles. The van der Waals surface area contributed by atoms with Gasteiger partial charge in [0.25, 0.3) is 0 Å². The third-order valence-corrected chi connectivity index (χ3v) is 18.6. The van der Waals surface area contributed by atoms with Crippen molar-refractivity contribution in [3.05, 3.63) is 22.5 Å². The third kappa shape index (κ3) is 4.17. The highest BCUT2D eigenvalue weighted by molar-refractivity contribution is 6.83. The zero-order valence-electron chi connectivity index (χ0n) is 20.8. The van der Waals surface area contributed by atoms with Crippen LogP contribution < -0.4 is 11.4 Å². The lowest BCUT2D eigenvalue weighted by molar-refractivity contribution is -0.0644. The van der Waals surface area contributed by atoms with E-state index in [0.717, 1.165) is 10.8 Å². The van der Waals surface area contributed by atoms with Gasteiger partial charge in [0.2, 0.25) is 0 Å². The Kier molecular flexibility index (Phi) is 6.55. The molecule has 1 saturated heterocycles. The number of aromatic nitrogens is 2. The number of nitrogen functional groups attached to an aromatic ring is 1. The number of halogens is 1. The minimum absolute atomic E-state index is 0.0924. The van der Waals surface area contributed by atoms with E-state index in [9.17, 15) is 14.3 Å². The lowest BCUT2D eigenvalue weighted by atomic mass is 10.1. The van der Waals surface area contributed by atoms with Gasteiger partial charge >= 0.3 is 5.69 Å². The lowest BCUT2D eigenvalue weighted by Gasteiger charge is -2.53. The summed E-state index contributed by atoms with van der Waals surface area (Å²) in [5.74, 6) is -1.31. The molecule has 0 radical (unpaired) electrons. The zero-order valence-corrected chi connectivity index (χ0v) is 22.8. The van der Waals surface area contributed by atoms with Crippen LogP contribution in [0.5, 0.6) is 0 Å². The van der Waals surface area contributed by atoms with Gasteiger partial charge in [-0.05, 0) is 30.1 Å². The first-order chi connectivity index (χ1) is 13.7. The largest absolute Gasteiger partial charge is 0.408 e. The van der Waals surface area contributed by atoms with Gasteiger partial charge in [0, 0.05) is 0 Å². The molecule has 1 fully saturated rings. The highest BCUT2D eigenvalue weighted by Crippen LogP contribution is 2.54. The quantitative estimate of drug-likeness (QED) is 0.640. The Hall–Kier alpha value is -1.08. The number of nitrogens with zero attached hydrogens (tertiary/aromatic N) is 2. The molecule has 1 aromatic rings. The molecule has 1 aliphatic heterocycles. The summed E-state index contributed by atoms with van der Waals surface area (Å²) in [6, 6.07) is 0. The van der Waals surface area contributed by atoms with Crippen molar-refractivity contribution in [3.63, 3.8) is 0 Å². The Labute approximate surface area is 187 Å². The molecule has 2 rings (SSSR count). The average molecular weight is 474 g/mol. The number of anilines is 1. The molecule has 0 amide bonds. The van der Waals surface area contributed by atoms with Crippen LogP contribution in [0.1, 0.15) is 54.7 Å². The van der Waals surface area contributed by atoms with E-state index in [4.69, 9.17) is 14.9 Å². The summed E-state index contributed by atoms with van der Waals surface area (Å²) in [6.07, 6.45) is -1.33. The zero-order chi connectivity index (χ0) is 24.4. The maximum absolute atomic E-state index is 14.3. The molecular weight excluding hydrogens is 433 g/mol. The van der Waals surface area contributed by atoms with E-state index in [2.05, 4.69) is 72.7 Å². The predicted octanol–water partition coefficient (Wildman–Crippen LogP) is 4.05. The van der Waals surface area contributed by atoms with Crippen molar-refractivity contribution in [2.75, 3.05) is 5.73 Å². The van der Waals surface area contributed by atoms with Gasteiger partial charge in [0.1, 0.15) is 11.3 Å². The minimum Gasteiger partial charge on any atom is -0.408 e. The first kappa shape index (κ1) is 26.2. The summed E-state index contributed by atoms with van der Waals surface area (Å²) in [5.41, 5.74) is 4.72. The number of ether oxygens (including phenoxy) is 1. The topological polar surface area (TPSA) is 99.6 Å². The van der Waals surface area contributed by atoms with Crippen LogP contribution in [0.4, 0.5) is 10.2 Å². The van der Waals surface area contributed by atoms with Crippen LogP contribution in [0.15, 0.2) is 11.0 Å². The summed E-state index contributed by atoms with van der Waals surface area (Å²) < 4.78 is 28.3. The van der Waals surface area contributed by atoms with Crippen LogP contribution >= 0.6 is 0 Å². The maximum Gasteiger partial charge on any atom is 0.351 e. The summed E-state index contributed by atoms with van der Waals surface area (Å²) in [5, 5.41) is 10.6. The van der Waals surface area contributed by atoms with Crippen LogP contribution in [0.3, 0.4) is 0 Å². The predicted molar refractivity (Wildman–Crippen MR) is 127 cm³/mol. The summed E-state index contributed by atoms with van der Waals surface area (Å²) >= 11 is 0. The normalized spacial score (nSPS) is 28.2. The van der Waals surface area contributed by atoms with Crippen LogP contribution in [0.2, 0.25) is 36.3 Å². The second-order valence-corrected chi connectivity index (χ2v) is 22.2. The van der Waals surface area contributed by atoms with Crippen molar-refractivity contribution in [2.45, 2.75) is 108 Å². The molecule has 0 bridgehead atoms. The number of nitrogens with two attached hydrogens (primary N) is 1. The van der Waals surface area contributed by atoms with Crippen molar-refractivity contribution in [3.8, 4) is 0 Å². The molecule has 0 saturated carbocycles. The lowest BCUT2D eigenvalue weighted by Crippen LogP contribution is -2.70.